The molecular weight excluding hydrogens is 206 g/mol. The third-order valence-corrected chi connectivity index (χ3v) is 2.59. The summed E-state index contributed by atoms with van der Waals surface area (Å²) in [6.45, 7) is 6.33. The first kappa shape index (κ1) is 11.1. The highest BCUT2D eigenvalue weighted by atomic mass is 16.5. The lowest BCUT2D eigenvalue weighted by Crippen LogP contribution is -2.30. The highest BCUT2D eigenvalue weighted by molar-refractivity contribution is 5.93. The van der Waals surface area contributed by atoms with Crippen molar-refractivity contribution in [1.82, 2.24) is 15.8 Å². The highest BCUT2D eigenvalue weighted by Gasteiger charge is 2.23. The van der Waals surface area contributed by atoms with Crippen molar-refractivity contribution in [1.29, 1.82) is 0 Å². The fourth-order valence-electron chi connectivity index (χ4n) is 1.70. The van der Waals surface area contributed by atoms with Crippen LogP contribution in [0.15, 0.2) is 4.52 Å². The molecule has 88 valence electrons. The van der Waals surface area contributed by atoms with Crippen LogP contribution in [0.2, 0.25) is 0 Å². The molecule has 1 aliphatic heterocycles. The molecule has 0 aliphatic carbocycles. The van der Waals surface area contributed by atoms with Crippen molar-refractivity contribution in [2.24, 2.45) is 5.92 Å². The van der Waals surface area contributed by atoms with E-state index < -0.39 is 0 Å². The average molecular weight is 223 g/mol. The average Bonchev–Trinajstić information content (AvgIpc) is 2.69. The molecule has 0 saturated carbocycles. The second-order valence-electron chi connectivity index (χ2n) is 4.46. The number of amides is 1. The van der Waals surface area contributed by atoms with Crippen LogP contribution < -0.4 is 10.6 Å². The summed E-state index contributed by atoms with van der Waals surface area (Å²) in [6, 6.07) is 0. The Morgan fingerprint density at radius 2 is 2.44 bits per heavy atom. The lowest BCUT2D eigenvalue weighted by molar-refractivity contribution is 0.0939. The van der Waals surface area contributed by atoms with E-state index in [0.29, 0.717) is 24.7 Å². The van der Waals surface area contributed by atoms with Crippen molar-refractivity contribution in [3.63, 3.8) is 0 Å². The van der Waals surface area contributed by atoms with Gasteiger partial charge in [-0.3, -0.25) is 4.79 Å². The van der Waals surface area contributed by atoms with Crippen LogP contribution in [-0.4, -0.2) is 24.2 Å². The van der Waals surface area contributed by atoms with Gasteiger partial charge in [0.05, 0.1) is 0 Å². The van der Waals surface area contributed by atoms with E-state index in [2.05, 4.69) is 29.6 Å². The van der Waals surface area contributed by atoms with Crippen molar-refractivity contribution >= 4 is 5.91 Å². The Balaban J connectivity index is 2.08. The number of aromatic nitrogens is 1. The van der Waals surface area contributed by atoms with Gasteiger partial charge in [0.25, 0.3) is 5.91 Å². The first-order valence-electron chi connectivity index (χ1n) is 5.65. The molecule has 1 aromatic rings. The number of carbonyl (C=O) groups is 1. The third kappa shape index (κ3) is 2.24. The van der Waals surface area contributed by atoms with E-state index >= 15 is 0 Å². The number of rotatable bonds is 3. The summed E-state index contributed by atoms with van der Waals surface area (Å²) in [4.78, 5) is 11.8. The number of carbonyl (C=O) groups excluding carboxylic acids is 1. The van der Waals surface area contributed by atoms with Crippen molar-refractivity contribution in [2.75, 3.05) is 13.1 Å². The molecule has 0 fully saturated rings. The largest absolute Gasteiger partial charge is 0.360 e. The van der Waals surface area contributed by atoms with Gasteiger partial charge in [-0.15, -0.1) is 0 Å². The summed E-state index contributed by atoms with van der Waals surface area (Å²) < 4.78 is 5.16. The first-order valence-corrected chi connectivity index (χ1v) is 5.65. The molecule has 0 aromatic carbocycles. The zero-order chi connectivity index (χ0) is 11.5. The Morgan fingerprint density at radius 1 is 1.62 bits per heavy atom. The van der Waals surface area contributed by atoms with E-state index in [-0.39, 0.29) is 5.91 Å². The predicted molar refractivity (Wildman–Crippen MR) is 59.1 cm³/mol. The Hall–Kier alpha value is -1.36. The molecule has 0 unspecified atom stereocenters. The summed E-state index contributed by atoms with van der Waals surface area (Å²) in [7, 11) is 0. The molecule has 5 nitrogen and oxygen atoms in total. The zero-order valence-electron chi connectivity index (χ0n) is 9.67. The maximum absolute atomic E-state index is 11.8. The second-order valence-corrected chi connectivity index (χ2v) is 4.46. The van der Waals surface area contributed by atoms with Gasteiger partial charge in [0, 0.05) is 31.6 Å². The van der Waals surface area contributed by atoms with E-state index in [1.54, 1.807) is 0 Å². The minimum absolute atomic E-state index is 0.137. The molecule has 0 radical (unpaired) electrons. The summed E-state index contributed by atoms with van der Waals surface area (Å²) in [5.41, 5.74) is 1.34. The van der Waals surface area contributed by atoms with Gasteiger partial charge in [-0.1, -0.05) is 19.0 Å². The Labute approximate surface area is 94.6 Å². The van der Waals surface area contributed by atoms with Gasteiger partial charge in [0.1, 0.15) is 5.76 Å². The molecule has 16 heavy (non-hydrogen) atoms. The minimum Gasteiger partial charge on any atom is -0.360 e. The molecule has 2 heterocycles. The van der Waals surface area contributed by atoms with E-state index in [0.717, 1.165) is 24.3 Å². The van der Waals surface area contributed by atoms with Crippen LogP contribution in [-0.2, 0) is 13.0 Å². The summed E-state index contributed by atoms with van der Waals surface area (Å²) in [5, 5.41) is 9.90. The Kier molecular flexibility index (Phi) is 3.24. The fourth-order valence-corrected chi connectivity index (χ4v) is 1.70. The van der Waals surface area contributed by atoms with Gasteiger partial charge in [-0.05, 0) is 5.92 Å². The van der Waals surface area contributed by atoms with E-state index in [9.17, 15) is 4.79 Å². The summed E-state index contributed by atoms with van der Waals surface area (Å²) >= 11 is 0. The molecule has 0 saturated heterocycles. The lowest BCUT2D eigenvalue weighted by atomic mass is 10.1. The Bertz CT molecular complexity index is 385. The number of nitrogens with one attached hydrogen (secondary N) is 2. The van der Waals surface area contributed by atoms with E-state index in [4.69, 9.17) is 4.52 Å². The van der Waals surface area contributed by atoms with E-state index in [1.165, 1.54) is 0 Å². The molecule has 1 aromatic heterocycles. The van der Waals surface area contributed by atoms with Crippen LogP contribution in [0.3, 0.4) is 0 Å². The van der Waals surface area contributed by atoms with Crippen molar-refractivity contribution in [3.8, 4) is 0 Å². The number of hydrogen-bond donors (Lipinski definition) is 2. The number of nitrogens with zero attached hydrogens (tertiary/aromatic N) is 1. The molecule has 0 bridgehead atoms. The predicted octanol–water partition coefficient (Wildman–Crippen LogP) is 0.706. The monoisotopic (exact) mass is 223 g/mol. The molecule has 1 aliphatic rings. The second kappa shape index (κ2) is 4.65. The quantitative estimate of drug-likeness (QED) is 0.791. The Morgan fingerprint density at radius 3 is 3.19 bits per heavy atom. The fraction of sp³-hybridized carbons (Fsp3) is 0.636. The van der Waals surface area contributed by atoms with Gasteiger partial charge in [0.2, 0.25) is 0 Å². The van der Waals surface area contributed by atoms with Crippen LogP contribution in [0.4, 0.5) is 0 Å². The molecule has 2 rings (SSSR count). The van der Waals surface area contributed by atoms with Crippen LogP contribution >= 0.6 is 0 Å². The van der Waals surface area contributed by atoms with Gasteiger partial charge in [-0.25, -0.2) is 0 Å². The highest BCUT2D eigenvalue weighted by Crippen LogP contribution is 2.17. The van der Waals surface area contributed by atoms with Gasteiger partial charge >= 0.3 is 0 Å². The molecule has 2 N–H and O–H groups in total. The van der Waals surface area contributed by atoms with Crippen molar-refractivity contribution in [2.45, 2.75) is 26.8 Å². The van der Waals surface area contributed by atoms with Crippen molar-refractivity contribution < 1.29 is 9.32 Å². The number of hydrogen-bond acceptors (Lipinski definition) is 4. The number of fused-ring (bicyclic) bond motifs is 1. The third-order valence-electron chi connectivity index (χ3n) is 2.59. The maximum Gasteiger partial charge on any atom is 0.273 e. The van der Waals surface area contributed by atoms with Crippen LogP contribution in [0.1, 0.15) is 35.7 Å². The first-order chi connectivity index (χ1) is 7.68. The molecule has 1 amide bonds. The maximum atomic E-state index is 11.8. The van der Waals surface area contributed by atoms with Crippen LogP contribution in [0, 0.1) is 5.92 Å². The normalized spacial score (nSPS) is 14.9. The van der Waals surface area contributed by atoms with E-state index in [1.807, 2.05) is 0 Å². The van der Waals surface area contributed by atoms with Gasteiger partial charge in [0.15, 0.2) is 5.69 Å². The minimum atomic E-state index is -0.137. The summed E-state index contributed by atoms with van der Waals surface area (Å²) in [6.07, 6.45) is 0.805. The summed E-state index contributed by atoms with van der Waals surface area (Å²) in [5.74, 6) is 1.14. The smallest absolute Gasteiger partial charge is 0.273 e. The van der Waals surface area contributed by atoms with Gasteiger partial charge in [-0.2, -0.15) is 0 Å². The topological polar surface area (TPSA) is 67.2 Å². The van der Waals surface area contributed by atoms with Crippen molar-refractivity contribution in [3.05, 3.63) is 17.0 Å². The van der Waals surface area contributed by atoms with Gasteiger partial charge < -0.3 is 15.2 Å². The zero-order valence-corrected chi connectivity index (χ0v) is 9.67. The standard InChI is InChI=1S/C11H17N3O2/c1-7(2)5-13-11(15)10-8-6-12-4-3-9(8)16-14-10/h7,12H,3-6H2,1-2H3,(H,13,15). The molecule has 0 spiro atoms. The van der Waals surface area contributed by atoms with Crippen LogP contribution in [0.5, 0.6) is 0 Å². The van der Waals surface area contributed by atoms with Crippen LogP contribution in [0.25, 0.3) is 0 Å². The molecular formula is C11H17N3O2. The molecule has 0 atom stereocenters. The lowest BCUT2D eigenvalue weighted by Gasteiger charge is -2.11. The molecule has 5 heteroatoms. The SMILES string of the molecule is CC(C)CNC(=O)c1noc2c1CNCC2.